The van der Waals surface area contributed by atoms with Crippen molar-refractivity contribution in [2.24, 2.45) is 0 Å². The van der Waals surface area contributed by atoms with Crippen LogP contribution in [0.15, 0.2) is 71.9 Å². The number of fused-ring (bicyclic) bond motifs is 2. The minimum atomic E-state index is -0.643. The molecule has 2 aliphatic heterocycles. The Kier molecular flexibility index (Phi) is 6.13. The highest BCUT2D eigenvalue weighted by atomic mass is 32.2. The molecule has 3 amide bonds. The van der Waals surface area contributed by atoms with Crippen LogP contribution in [0.5, 0.6) is 5.75 Å². The molecule has 3 heterocycles. The third-order valence-electron chi connectivity index (χ3n) is 6.70. The van der Waals surface area contributed by atoms with Crippen molar-refractivity contribution in [3.05, 3.63) is 89.0 Å². The summed E-state index contributed by atoms with van der Waals surface area (Å²) in [5.74, 6) is 0.504. The zero-order valence-electron chi connectivity index (χ0n) is 19.9. The first-order valence-electron chi connectivity index (χ1n) is 12.1. The Labute approximate surface area is 217 Å². The fourth-order valence-corrected chi connectivity index (χ4v) is 5.58. The van der Waals surface area contributed by atoms with Crippen LogP contribution in [-0.2, 0) is 28.5 Å². The SMILES string of the molecule is O=C1CCC(N2Cc3c(OCc4ccc(CSc5nc6ccccc6[nH]5)cc4)cccc3C2=O)C(=O)N1. The molecule has 186 valence electrons. The Balaban J connectivity index is 1.08. The molecule has 1 atom stereocenters. The number of thioether (sulfide) groups is 1. The van der Waals surface area contributed by atoms with Crippen molar-refractivity contribution in [3.63, 3.8) is 0 Å². The van der Waals surface area contributed by atoms with Gasteiger partial charge in [-0.1, -0.05) is 54.2 Å². The van der Waals surface area contributed by atoms with E-state index in [2.05, 4.69) is 27.4 Å². The van der Waals surface area contributed by atoms with Gasteiger partial charge in [-0.3, -0.25) is 19.7 Å². The van der Waals surface area contributed by atoms with Crippen LogP contribution in [0.3, 0.4) is 0 Å². The third kappa shape index (κ3) is 4.70. The van der Waals surface area contributed by atoms with Crippen LogP contribution in [0.4, 0.5) is 0 Å². The molecule has 4 aromatic rings. The number of hydrogen-bond acceptors (Lipinski definition) is 6. The number of para-hydroxylation sites is 2. The monoisotopic (exact) mass is 512 g/mol. The maximum absolute atomic E-state index is 13.0. The number of nitrogens with zero attached hydrogens (tertiary/aromatic N) is 2. The number of piperidine rings is 1. The van der Waals surface area contributed by atoms with E-state index in [0.717, 1.165) is 33.1 Å². The number of amides is 3. The average molecular weight is 513 g/mol. The summed E-state index contributed by atoms with van der Waals surface area (Å²) in [6.45, 7) is 0.647. The highest BCUT2D eigenvalue weighted by Crippen LogP contribution is 2.34. The van der Waals surface area contributed by atoms with E-state index in [1.165, 1.54) is 10.5 Å². The van der Waals surface area contributed by atoms with E-state index in [0.29, 0.717) is 24.3 Å². The Hall–Kier alpha value is -4.11. The van der Waals surface area contributed by atoms with Crippen molar-refractivity contribution in [3.8, 4) is 5.75 Å². The molecular formula is C28H24N4O4S. The first-order valence-corrected chi connectivity index (χ1v) is 13.1. The third-order valence-corrected chi connectivity index (χ3v) is 7.64. The zero-order chi connectivity index (χ0) is 25.4. The fourth-order valence-electron chi connectivity index (χ4n) is 4.73. The predicted octanol–water partition coefficient (Wildman–Crippen LogP) is 4.20. The predicted molar refractivity (Wildman–Crippen MR) is 139 cm³/mol. The lowest BCUT2D eigenvalue weighted by molar-refractivity contribution is -0.136. The molecule has 0 spiro atoms. The largest absolute Gasteiger partial charge is 0.489 e. The van der Waals surface area contributed by atoms with Gasteiger partial charge in [-0.15, -0.1) is 0 Å². The van der Waals surface area contributed by atoms with Crippen molar-refractivity contribution in [1.82, 2.24) is 20.2 Å². The molecule has 6 rings (SSSR count). The van der Waals surface area contributed by atoms with Gasteiger partial charge < -0.3 is 14.6 Å². The summed E-state index contributed by atoms with van der Waals surface area (Å²) in [7, 11) is 0. The number of rotatable bonds is 7. The van der Waals surface area contributed by atoms with Gasteiger partial charge in [0.15, 0.2) is 5.16 Å². The molecule has 1 unspecified atom stereocenters. The van der Waals surface area contributed by atoms with Gasteiger partial charge in [0, 0.05) is 23.3 Å². The van der Waals surface area contributed by atoms with Crippen LogP contribution >= 0.6 is 11.8 Å². The minimum absolute atomic E-state index is 0.207. The van der Waals surface area contributed by atoms with Crippen molar-refractivity contribution in [1.29, 1.82) is 0 Å². The molecule has 3 aromatic carbocycles. The van der Waals surface area contributed by atoms with Gasteiger partial charge in [-0.25, -0.2) is 4.98 Å². The molecule has 0 saturated carbocycles. The van der Waals surface area contributed by atoms with Crippen LogP contribution in [0.1, 0.15) is 39.9 Å². The molecule has 1 fully saturated rings. The zero-order valence-corrected chi connectivity index (χ0v) is 20.7. The lowest BCUT2D eigenvalue weighted by Crippen LogP contribution is -2.52. The van der Waals surface area contributed by atoms with Gasteiger partial charge in [0.1, 0.15) is 18.4 Å². The molecule has 2 N–H and O–H groups in total. The van der Waals surface area contributed by atoms with E-state index < -0.39 is 11.9 Å². The molecule has 0 radical (unpaired) electrons. The molecule has 1 aromatic heterocycles. The second-order valence-corrected chi connectivity index (χ2v) is 10.1. The Morgan fingerprint density at radius 2 is 1.78 bits per heavy atom. The van der Waals surface area contributed by atoms with Gasteiger partial charge in [0.25, 0.3) is 5.91 Å². The van der Waals surface area contributed by atoms with Crippen molar-refractivity contribution < 1.29 is 19.1 Å². The van der Waals surface area contributed by atoms with E-state index in [1.807, 2.05) is 42.5 Å². The topological polar surface area (TPSA) is 104 Å². The summed E-state index contributed by atoms with van der Waals surface area (Å²) in [4.78, 5) is 46.3. The van der Waals surface area contributed by atoms with Gasteiger partial charge in [0.2, 0.25) is 11.8 Å². The maximum atomic E-state index is 13.0. The van der Waals surface area contributed by atoms with Crippen LogP contribution in [0, 0.1) is 0 Å². The Bertz CT molecular complexity index is 1480. The highest BCUT2D eigenvalue weighted by Gasteiger charge is 2.40. The van der Waals surface area contributed by atoms with Crippen molar-refractivity contribution in [2.45, 2.75) is 42.9 Å². The summed E-state index contributed by atoms with van der Waals surface area (Å²) in [6.07, 6.45) is 0.564. The number of aromatic nitrogens is 2. The van der Waals surface area contributed by atoms with Crippen LogP contribution in [0.2, 0.25) is 0 Å². The van der Waals surface area contributed by atoms with Crippen LogP contribution < -0.4 is 10.1 Å². The number of benzene rings is 3. The van der Waals surface area contributed by atoms with Crippen molar-refractivity contribution in [2.75, 3.05) is 0 Å². The van der Waals surface area contributed by atoms with E-state index in [9.17, 15) is 14.4 Å². The maximum Gasteiger partial charge on any atom is 0.255 e. The molecule has 8 nitrogen and oxygen atoms in total. The Morgan fingerprint density at radius 1 is 0.973 bits per heavy atom. The first-order chi connectivity index (χ1) is 18.0. The second-order valence-electron chi connectivity index (χ2n) is 9.14. The average Bonchev–Trinajstić information content (AvgIpc) is 3.48. The van der Waals surface area contributed by atoms with Crippen LogP contribution in [0.25, 0.3) is 11.0 Å². The summed E-state index contributed by atoms with van der Waals surface area (Å²) in [5, 5.41) is 3.23. The van der Waals surface area contributed by atoms with Gasteiger partial charge >= 0.3 is 0 Å². The summed E-state index contributed by atoms with van der Waals surface area (Å²) < 4.78 is 6.11. The van der Waals surface area contributed by atoms with Gasteiger partial charge in [0.05, 0.1) is 17.6 Å². The molecule has 2 aliphatic rings. The fraction of sp³-hybridized carbons (Fsp3) is 0.214. The lowest BCUT2D eigenvalue weighted by atomic mass is 10.0. The number of imidazole rings is 1. The molecule has 0 aliphatic carbocycles. The minimum Gasteiger partial charge on any atom is -0.489 e. The first kappa shape index (κ1) is 23.3. The van der Waals surface area contributed by atoms with Gasteiger partial charge in [-0.2, -0.15) is 0 Å². The molecule has 9 heteroatoms. The quantitative estimate of drug-likeness (QED) is 0.284. The molecule has 1 saturated heterocycles. The molecule has 37 heavy (non-hydrogen) atoms. The van der Waals surface area contributed by atoms with Crippen LogP contribution in [-0.4, -0.2) is 38.6 Å². The number of hydrogen-bond donors (Lipinski definition) is 2. The van der Waals surface area contributed by atoms with E-state index in [4.69, 9.17) is 4.74 Å². The number of imide groups is 1. The smallest absolute Gasteiger partial charge is 0.255 e. The standard InChI is InChI=1S/C28H24N4O4S/c33-25-13-12-23(26(34)31-25)32-14-20-19(27(32)35)4-3-7-24(20)36-15-17-8-10-18(11-9-17)16-37-28-29-21-5-1-2-6-22(21)30-28/h1-11,23H,12-16H2,(H,29,30)(H,31,33,34). The summed E-state index contributed by atoms with van der Waals surface area (Å²) in [6, 6.07) is 21.0. The van der Waals surface area contributed by atoms with Gasteiger partial charge in [-0.05, 0) is 41.8 Å². The van der Waals surface area contributed by atoms with E-state index in [-0.39, 0.29) is 24.8 Å². The number of carbonyl (C=O) groups is 3. The van der Waals surface area contributed by atoms with E-state index in [1.54, 1.807) is 23.9 Å². The van der Waals surface area contributed by atoms with E-state index >= 15 is 0 Å². The second kappa shape index (κ2) is 9.74. The molecular weight excluding hydrogens is 488 g/mol. The number of ether oxygens (including phenoxy) is 1. The number of nitrogens with one attached hydrogen (secondary N) is 2. The Morgan fingerprint density at radius 3 is 2.59 bits per heavy atom. The number of carbonyl (C=O) groups excluding carboxylic acids is 3. The lowest BCUT2D eigenvalue weighted by Gasteiger charge is -2.29. The highest BCUT2D eigenvalue weighted by molar-refractivity contribution is 7.98. The van der Waals surface area contributed by atoms with Crippen molar-refractivity contribution >= 4 is 40.5 Å². The number of H-pyrrole nitrogens is 1. The summed E-state index contributed by atoms with van der Waals surface area (Å²) in [5.41, 5.74) is 5.51. The normalized spacial score (nSPS) is 17.2. The number of aromatic amines is 1. The summed E-state index contributed by atoms with van der Waals surface area (Å²) >= 11 is 1.66. The molecule has 0 bridgehead atoms.